The number of nitrogens with one attached hydrogen (secondary N) is 2. The van der Waals surface area contributed by atoms with E-state index in [1.807, 2.05) is 20.0 Å². The first-order valence-electron chi connectivity index (χ1n) is 9.12. The number of aromatic nitrogens is 1. The number of unbranched alkanes of at least 4 members (excludes halogenated alkanes) is 3. The Morgan fingerprint density at radius 3 is 2.70 bits per heavy atom. The molecule has 0 aliphatic heterocycles. The zero-order valence-corrected chi connectivity index (χ0v) is 19.8. The number of hydrogen-bond donors (Lipinski definition) is 2. The molecule has 1 aromatic heterocycles. The predicted octanol–water partition coefficient (Wildman–Crippen LogP) is 2.57. The van der Waals surface area contributed by atoms with Gasteiger partial charge in [-0.25, -0.2) is 13.1 Å². The highest BCUT2D eigenvalue weighted by atomic mass is 127. The summed E-state index contributed by atoms with van der Waals surface area (Å²) < 4.78 is 28.6. The highest BCUT2D eigenvalue weighted by Crippen LogP contribution is 2.07. The van der Waals surface area contributed by atoms with Crippen molar-refractivity contribution in [3.05, 3.63) is 31.1 Å². The monoisotopic (exact) mass is 511 g/mol. The van der Waals surface area contributed by atoms with Crippen LogP contribution in [-0.4, -0.2) is 57.1 Å². The first kappa shape index (κ1) is 25.9. The molecular weight excluding hydrogens is 477 g/mol. The molecule has 1 aromatic rings. The van der Waals surface area contributed by atoms with Crippen molar-refractivity contribution < 1.29 is 8.42 Å². The van der Waals surface area contributed by atoms with Gasteiger partial charge in [0.05, 0.1) is 11.4 Å². The van der Waals surface area contributed by atoms with Crippen LogP contribution in [0.4, 0.5) is 0 Å². The van der Waals surface area contributed by atoms with Crippen molar-refractivity contribution in [1.82, 2.24) is 19.5 Å². The van der Waals surface area contributed by atoms with Crippen LogP contribution < -0.4 is 10.0 Å². The van der Waals surface area contributed by atoms with Crippen molar-refractivity contribution in [2.24, 2.45) is 12.0 Å². The molecule has 0 aliphatic carbocycles. The number of guanidine groups is 1. The Bertz CT molecular complexity index is 673. The van der Waals surface area contributed by atoms with Crippen molar-refractivity contribution in [2.75, 3.05) is 33.2 Å². The van der Waals surface area contributed by atoms with Crippen LogP contribution >= 0.6 is 24.0 Å². The lowest BCUT2D eigenvalue weighted by Gasteiger charge is -2.22. The Morgan fingerprint density at radius 2 is 2.11 bits per heavy atom. The van der Waals surface area contributed by atoms with Crippen LogP contribution in [0.1, 0.15) is 32.6 Å². The minimum absolute atomic E-state index is 0. The van der Waals surface area contributed by atoms with E-state index < -0.39 is 10.0 Å². The molecule has 0 aliphatic rings. The molecule has 156 valence electrons. The molecule has 0 saturated carbocycles. The molecule has 0 spiro atoms. The predicted molar refractivity (Wildman–Crippen MR) is 123 cm³/mol. The fraction of sp³-hybridized carbons (Fsp3) is 0.611. The van der Waals surface area contributed by atoms with E-state index >= 15 is 0 Å². The average Bonchev–Trinajstić information content (AvgIpc) is 3.04. The van der Waals surface area contributed by atoms with E-state index in [1.54, 1.807) is 30.1 Å². The van der Waals surface area contributed by atoms with Crippen LogP contribution in [0.5, 0.6) is 0 Å². The smallest absolute Gasteiger partial charge is 0.242 e. The third kappa shape index (κ3) is 10.2. The maximum absolute atomic E-state index is 12.2. The number of aryl methyl sites for hydroxylation is 1. The number of aliphatic imine (C=N–C) groups is 1. The van der Waals surface area contributed by atoms with Gasteiger partial charge in [-0.1, -0.05) is 12.5 Å². The van der Waals surface area contributed by atoms with Gasteiger partial charge < -0.3 is 14.8 Å². The number of hydrogen-bond acceptors (Lipinski definition) is 3. The van der Waals surface area contributed by atoms with Crippen molar-refractivity contribution >= 4 is 40.0 Å². The van der Waals surface area contributed by atoms with Crippen LogP contribution in [0.15, 0.2) is 41.0 Å². The summed E-state index contributed by atoms with van der Waals surface area (Å²) >= 11 is 0. The second kappa shape index (κ2) is 14.0. The summed E-state index contributed by atoms with van der Waals surface area (Å²) in [4.78, 5) is 6.87. The number of sulfonamides is 1. The molecule has 27 heavy (non-hydrogen) atoms. The molecule has 7 nitrogen and oxygen atoms in total. The average molecular weight is 511 g/mol. The summed E-state index contributed by atoms with van der Waals surface area (Å²) in [6.07, 6.45) is 9.70. The summed E-state index contributed by atoms with van der Waals surface area (Å²) in [5, 5.41) is 3.25. The SMILES string of the molecule is C=CCCCCCN(C)C(=NCCNS(=O)(=O)c1ccn(C)c1)NCC.I. The molecule has 0 atom stereocenters. The fourth-order valence-corrected chi connectivity index (χ4v) is 3.52. The lowest BCUT2D eigenvalue weighted by Crippen LogP contribution is -2.40. The molecule has 9 heteroatoms. The van der Waals surface area contributed by atoms with Crippen LogP contribution in [0.25, 0.3) is 0 Å². The molecule has 0 aromatic carbocycles. The van der Waals surface area contributed by atoms with Gasteiger partial charge in [-0.05, 0) is 32.3 Å². The summed E-state index contributed by atoms with van der Waals surface area (Å²) in [7, 11) is 0.319. The topological polar surface area (TPSA) is 78.7 Å². The van der Waals surface area contributed by atoms with Crippen LogP contribution in [0, 0.1) is 0 Å². The molecule has 0 bridgehead atoms. The molecule has 0 amide bonds. The molecule has 2 N–H and O–H groups in total. The summed E-state index contributed by atoms with van der Waals surface area (Å²) in [6, 6.07) is 1.58. The summed E-state index contributed by atoms with van der Waals surface area (Å²) in [5.74, 6) is 0.801. The minimum Gasteiger partial charge on any atom is -0.357 e. The standard InChI is InChI=1S/C18H33N5O2S.HI/c1-5-7-8-9-10-14-23(4)18(19-6-2)20-12-13-21-26(24,25)17-11-15-22(3)16-17;/h5,11,15-16,21H,1,6-10,12-14H2,2-4H3,(H,19,20);1H. The molecule has 1 heterocycles. The van der Waals surface area contributed by atoms with Crippen molar-refractivity contribution in [1.29, 1.82) is 0 Å². The summed E-state index contributed by atoms with van der Waals surface area (Å²) in [6.45, 7) is 8.09. The molecule has 1 rings (SSSR count). The van der Waals surface area contributed by atoms with Gasteiger partial charge >= 0.3 is 0 Å². The van der Waals surface area contributed by atoms with Gasteiger partial charge in [0.25, 0.3) is 0 Å². The minimum atomic E-state index is -3.48. The third-order valence-electron chi connectivity index (χ3n) is 3.88. The molecule has 0 unspecified atom stereocenters. The van der Waals surface area contributed by atoms with Gasteiger partial charge in [0.2, 0.25) is 10.0 Å². The molecule has 0 radical (unpaired) electrons. The van der Waals surface area contributed by atoms with Crippen molar-refractivity contribution in [3.8, 4) is 0 Å². The van der Waals surface area contributed by atoms with E-state index in [-0.39, 0.29) is 35.4 Å². The molecule has 0 fully saturated rings. The van der Waals surface area contributed by atoms with Gasteiger partial charge in [0.1, 0.15) is 0 Å². The number of rotatable bonds is 12. The fourth-order valence-electron chi connectivity index (χ4n) is 2.45. The second-order valence-electron chi connectivity index (χ2n) is 6.21. The Balaban J connectivity index is 0.00000676. The highest BCUT2D eigenvalue weighted by Gasteiger charge is 2.14. The Morgan fingerprint density at radius 1 is 1.37 bits per heavy atom. The maximum Gasteiger partial charge on any atom is 0.242 e. The van der Waals surface area contributed by atoms with E-state index in [9.17, 15) is 8.42 Å². The zero-order chi connectivity index (χ0) is 19.4. The molecular formula is C18H34IN5O2S. The first-order valence-corrected chi connectivity index (χ1v) is 10.6. The van der Waals surface area contributed by atoms with Gasteiger partial charge in [-0.3, -0.25) is 4.99 Å². The van der Waals surface area contributed by atoms with Crippen LogP contribution in [0.3, 0.4) is 0 Å². The number of nitrogens with zero attached hydrogens (tertiary/aromatic N) is 3. The Hall–Kier alpha value is -1.07. The van der Waals surface area contributed by atoms with Gasteiger partial charge in [0.15, 0.2) is 5.96 Å². The van der Waals surface area contributed by atoms with Crippen molar-refractivity contribution in [3.63, 3.8) is 0 Å². The second-order valence-corrected chi connectivity index (χ2v) is 7.97. The van der Waals surface area contributed by atoms with E-state index in [0.29, 0.717) is 6.54 Å². The van der Waals surface area contributed by atoms with Crippen LogP contribution in [-0.2, 0) is 17.1 Å². The number of allylic oxidation sites excluding steroid dienone is 1. The third-order valence-corrected chi connectivity index (χ3v) is 5.33. The van der Waals surface area contributed by atoms with Crippen LogP contribution in [0.2, 0.25) is 0 Å². The first-order chi connectivity index (χ1) is 12.4. The van der Waals surface area contributed by atoms with E-state index in [2.05, 4.69) is 26.5 Å². The van der Waals surface area contributed by atoms with Gasteiger partial charge in [-0.15, -0.1) is 30.6 Å². The maximum atomic E-state index is 12.2. The van der Waals surface area contributed by atoms with Gasteiger partial charge in [0, 0.05) is 46.1 Å². The van der Waals surface area contributed by atoms with E-state index in [0.717, 1.165) is 44.7 Å². The van der Waals surface area contributed by atoms with Gasteiger partial charge in [-0.2, -0.15) is 0 Å². The Labute approximate surface area is 181 Å². The highest BCUT2D eigenvalue weighted by molar-refractivity contribution is 14.0. The lowest BCUT2D eigenvalue weighted by molar-refractivity contribution is 0.455. The quantitative estimate of drug-likeness (QED) is 0.149. The van der Waals surface area contributed by atoms with E-state index in [4.69, 9.17) is 0 Å². The lowest BCUT2D eigenvalue weighted by atomic mass is 10.2. The van der Waals surface area contributed by atoms with Crippen molar-refractivity contribution in [2.45, 2.75) is 37.5 Å². The normalized spacial score (nSPS) is 11.7. The van der Waals surface area contributed by atoms with E-state index in [1.165, 1.54) is 0 Å². The summed E-state index contributed by atoms with van der Waals surface area (Å²) in [5.41, 5.74) is 0. The largest absolute Gasteiger partial charge is 0.357 e. The molecule has 0 saturated heterocycles. The Kier molecular flexibility index (Phi) is 13.4. The zero-order valence-electron chi connectivity index (χ0n) is 16.6. The number of halogens is 1.